The summed E-state index contributed by atoms with van der Waals surface area (Å²) in [7, 11) is -5.28. The Morgan fingerprint density at radius 3 is 0.972 bits per heavy atom. The molecule has 2 aliphatic rings. The molecule has 0 bridgehead atoms. The summed E-state index contributed by atoms with van der Waals surface area (Å²) >= 11 is 0. The summed E-state index contributed by atoms with van der Waals surface area (Å²) in [6, 6.07) is 0. The molecule has 2 fully saturated rings. The first-order valence-corrected chi connectivity index (χ1v) is 11.8. The van der Waals surface area contributed by atoms with Gasteiger partial charge in [-0.2, -0.15) is 13.2 Å². The van der Waals surface area contributed by atoms with Crippen LogP contribution in [0.2, 0.25) is 0 Å². The summed E-state index contributed by atoms with van der Waals surface area (Å²) in [4.78, 5) is 0. The average Bonchev–Trinajstić information content (AvgIpc) is 2.58. The van der Waals surface area contributed by atoms with Gasteiger partial charge in [0.05, 0.1) is 0 Å². The summed E-state index contributed by atoms with van der Waals surface area (Å²) in [5.74, 6) is 0. The predicted molar refractivity (Wildman–Crippen MR) is 135 cm³/mol. The fourth-order valence-corrected chi connectivity index (χ4v) is 2.83. The molecule has 0 spiro atoms. The molecule has 36 heavy (non-hydrogen) atoms. The zero-order chi connectivity index (χ0) is 20.3. The van der Waals surface area contributed by atoms with Gasteiger partial charge in [0, 0.05) is 114 Å². The quantitative estimate of drug-likeness (QED) is 0.189. The molecule has 2 saturated heterocycles. The monoisotopic (exact) mass is 720 g/mol. The van der Waals surface area contributed by atoms with Crippen molar-refractivity contribution >= 4 is 15.2 Å². The smallest absolute Gasteiger partial charge is 0.297 e. The SMILES string of the molecule is C.C.C.C.C.C.C[P@@]1(=O)O[CH-]CCO1.C[P@]1(=O)O[CH-]CCO1.O[CH-]CCO.O[CH-]CCO.[V].[V].[V].[V]. The standard InChI is InChI=1S/2C4H8O3P.2C3H7O2.6CH4.4V/c2*1-8(5)6-3-2-4-7-8;2*4-2-1-3-5;;;;;;;;;;/h2*3H,2,4H2,1H3;2*2,4-5H,1,3H2;6*1H4;;;;/q4*-1;;;;;;;;;;/t2*8-;;;;;;;;;;;;/m10............/s1. The summed E-state index contributed by atoms with van der Waals surface area (Å²) in [5, 5.41) is 31.3. The van der Waals surface area contributed by atoms with Gasteiger partial charge < -0.3 is 38.5 Å². The Morgan fingerprint density at radius 1 is 0.667 bits per heavy atom. The Morgan fingerprint density at radius 2 is 0.917 bits per heavy atom. The van der Waals surface area contributed by atoms with E-state index in [4.69, 9.17) is 29.5 Å². The molecule has 0 aromatic heterocycles. The van der Waals surface area contributed by atoms with Gasteiger partial charge in [0.1, 0.15) is 0 Å². The third-order valence-corrected chi connectivity index (χ3v) is 4.54. The molecule has 4 radical (unpaired) electrons. The van der Waals surface area contributed by atoms with E-state index in [1.165, 1.54) is 26.5 Å². The molecule has 0 saturated carbocycles. The first-order chi connectivity index (χ1) is 12.2. The number of aliphatic hydroxyl groups is 4. The van der Waals surface area contributed by atoms with Crippen LogP contribution in [0.25, 0.3) is 0 Å². The van der Waals surface area contributed by atoms with Crippen LogP contribution in [-0.2, 0) is 101 Å². The van der Waals surface area contributed by atoms with E-state index in [0.29, 0.717) is 26.1 Å². The van der Waals surface area contributed by atoms with E-state index in [9.17, 15) is 9.13 Å². The van der Waals surface area contributed by atoms with Gasteiger partial charge in [-0.05, 0) is 0 Å². The van der Waals surface area contributed by atoms with E-state index in [-0.39, 0.29) is 132 Å². The van der Waals surface area contributed by atoms with Crippen LogP contribution >= 0.6 is 15.2 Å². The van der Waals surface area contributed by atoms with Crippen molar-refractivity contribution in [3.05, 3.63) is 26.4 Å². The summed E-state index contributed by atoms with van der Waals surface area (Å²) in [5.41, 5.74) is 0. The minimum absolute atomic E-state index is 0. The molecule has 16 heteroatoms. The molecule has 4 N–H and O–H groups in total. The van der Waals surface area contributed by atoms with E-state index in [0.717, 1.165) is 26.1 Å². The Kier molecular flexibility index (Phi) is 115. The van der Waals surface area contributed by atoms with Gasteiger partial charge in [-0.15, -0.1) is 25.7 Å². The van der Waals surface area contributed by atoms with Crippen LogP contribution in [0.15, 0.2) is 0 Å². The fraction of sp³-hybridized carbons (Fsp3) is 0.800. The van der Waals surface area contributed by atoms with Crippen LogP contribution in [0, 0.1) is 26.4 Å². The van der Waals surface area contributed by atoms with Crippen molar-refractivity contribution < 1.29 is 122 Å². The maximum Gasteiger partial charge on any atom is 0.297 e. The molecular formula is C20H54O10P2V4-4. The van der Waals surface area contributed by atoms with Crippen LogP contribution in [0.4, 0.5) is 0 Å². The third-order valence-electron chi connectivity index (χ3n) is 2.17. The van der Waals surface area contributed by atoms with Crippen molar-refractivity contribution in [3.8, 4) is 0 Å². The zero-order valence-corrected chi connectivity index (χ0v) is 24.3. The van der Waals surface area contributed by atoms with Gasteiger partial charge in [0.15, 0.2) is 0 Å². The van der Waals surface area contributed by atoms with Gasteiger partial charge in [-0.25, -0.2) is 13.2 Å². The van der Waals surface area contributed by atoms with Gasteiger partial charge in [0.2, 0.25) is 0 Å². The van der Waals surface area contributed by atoms with E-state index in [1.807, 2.05) is 0 Å². The van der Waals surface area contributed by atoms with E-state index in [1.54, 1.807) is 0 Å². The van der Waals surface area contributed by atoms with E-state index < -0.39 is 15.2 Å². The maximum absolute atomic E-state index is 10.8. The average molecular weight is 720 g/mol. The van der Waals surface area contributed by atoms with Crippen molar-refractivity contribution in [2.45, 2.75) is 70.2 Å². The van der Waals surface area contributed by atoms with Crippen LogP contribution < -0.4 is 0 Å². The molecule has 0 aromatic rings. The molecule has 10 nitrogen and oxygen atoms in total. The normalized spacial score (nSPS) is 19.9. The number of rotatable bonds is 4. The summed E-state index contributed by atoms with van der Waals surface area (Å²) in [6.45, 7) is 8.97. The Balaban J connectivity index is -0.0000000199. The molecular weight excluding hydrogens is 666 g/mol. The van der Waals surface area contributed by atoms with Gasteiger partial charge in [-0.1, -0.05) is 44.6 Å². The Bertz CT molecular complexity index is 357. The summed E-state index contributed by atoms with van der Waals surface area (Å²) < 4.78 is 40.4. The second kappa shape index (κ2) is 53.7. The van der Waals surface area contributed by atoms with E-state index in [2.05, 4.69) is 9.05 Å². The molecule has 2 aliphatic heterocycles. The summed E-state index contributed by atoms with van der Waals surface area (Å²) in [6.07, 6.45) is 2.22. The minimum Gasteiger partial charge on any atom is -0.566 e. The predicted octanol–water partition coefficient (Wildman–Crippen LogP) is 6.43. The van der Waals surface area contributed by atoms with Crippen LogP contribution in [0.3, 0.4) is 0 Å². The second-order valence-electron chi connectivity index (χ2n) is 4.72. The first-order valence-electron chi connectivity index (χ1n) is 7.82. The van der Waals surface area contributed by atoms with Crippen molar-refractivity contribution in [1.29, 1.82) is 0 Å². The Hall–Kier alpha value is 2.48. The molecule has 2 heterocycles. The minimum atomic E-state index is -2.64. The van der Waals surface area contributed by atoms with Crippen LogP contribution in [0.5, 0.6) is 0 Å². The molecule has 2 rings (SSSR count). The Labute approximate surface area is 271 Å². The van der Waals surface area contributed by atoms with Gasteiger partial charge in [-0.3, -0.25) is 9.13 Å². The molecule has 2 atom stereocenters. The third kappa shape index (κ3) is 65.5. The number of aliphatic hydroxyl groups excluding tert-OH is 4. The fourth-order valence-electron chi connectivity index (χ4n) is 1.09. The molecule has 0 unspecified atom stereocenters. The van der Waals surface area contributed by atoms with Crippen LogP contribution in [-0.4, -0.2) is 60.2 Å². The van der Waals surface area contributed by atoms with Crippen molar-refractivity contribution in [2.75, 3.05) is 39.8 Å². The first kappa shape index (κ1) is 77.1. The molecule has 0 aliphatic carbocycles. The van der Waals surface area contributed by atoms with Gasteiger partial charge >= 0.3 is 0 Å². The van der Waals surface area contributed by atoms with Gasteiger partial charge in [0.25, 0.3) is 15.2 Å². The second-order valence-corrected chi connectivity index (χ2v) is 8.74. The van der Waals surface area contributed by atoms with Crippen LogP contribution in [0.1, 0.15) is 70.2 Å². The van der Waals surface area contributed by atoms with Crippen molar-refractivity contribution in [2.24, 2.45) is 0 Å². The molecule has 228 valence electrons. The largest absolute Gasteiger partial charge is 0.566 e. The number of hydrogen-bond acceptors (Lipinski definition) is 10. The molecule has 0 aromatic carbocycles. The van der Waals surface area contributed by atoms with Crippen molar-refractivity contribution in [3.63, 3.8) is 0 Å². The van der Waals surface area contributed by atoms with Crippen molar-refractivity contribution in [1.82, 2.24) is 0 Å². The topological polar surface area (TPSA) is 152 Å². The maximum atomic E-state index is 10.8. The zero-order valence-electron chi connectivity index (χ0n) is 16.9. The van der Waals surface area contributed by atoms with E-state index >= 15 is 0 Å². The number of hydrogen-bond donors (Lipinski definition) is 4. The molecule has 0 amide bonds.